The van der Waals surface area contributed by atoms with Gasteiger partial charge in [0.1, 0.15) is 0 Å². The summed E-state index contributed by atoms with van der Waals surface area (Å²) >= 11 is 4.97. The normalized spacial score (nSPS) is 26.9. The molecule has 0 unspecified atom stereocenters. The van der Waals surface area contributed by atoms with Crippen molar-refractivity contribution in [3.63, 3.8) is 0 Å². The maximum atomic E-state index is 4.97. The van der Waals surface area contributed by atoms with Crippen LogP contribution in [-0.4, -0.2) is 17.9 Å². The van der Waals surface area contributed by atoms with Gasteiger partial charge in [-0.3, -0.25) is 5.43 Å². The van der Waals surface area contributed by atoms with E-state index in [1.165, 1.54) is 25.0 Å². The molecule has 0 aliphatic heterocycles. The topological polar surface area (TPSA) is 36.4 Å². The van der Waals surface area contributed by atoms with E-state index in [-0.39, 0.29) is 0 Å². The second-order valence-corrected chi connectivity index (χ2v) is 4.37. The molecule has 0 saturated heterocycles. The molecule has 0 spiro atoms. The van der Waals surface area contributed by atoms with Crippen molar-refractivity contribution in [2.45, 2.75) is 33.1 Å². The standard InChI is InChI=1S/C10H19N3S/c1-7-5-4-6-8(2)9(7)12-13-10(14)11-3/h7-8H,4-6H2,1-3H3,(H2,11,13,14)/t7-,8-/m1/s1. The van der Waals surface area contributed by atoms with Gasteiger partial charge in [-0.25, -0.2) is 0 Å². The van der Waals surface area contributed by atoms with E-state index in [0.29, 0.717) is 16.9 Å². The van der Waals surface area contributed by atoms with E-state index < -0.39 is 0 Å². The average molecular weight is 213 g/mol. The molecule has 0 heterocycles. The van der Waals surface area contributed by atoms with Gasteiger partial charge in [0.2, 0.25) is 0 Å². The van der Waals surface area contributed by atoms with Crippen LogP contribution in [0.4, 0.5) is 0 Å². The van der Waals surface area contributed by atoms with E-state index in [0.717, 1.165) is 0 Å². The summed E-state index contributed by atoms with van der Waals surface area (Å²) in [6.07, 6.45) is 3.81. The lowest BCUT2D eigenvalue weighted by Crippen LogP contribution is -2.33. The third kappa shape index (κ3) is 2.94. The molecule has 0 aromatic rings. The lowest BCUT2D eigenvalue weighted by molar-refractivity contribution is 0.484. The summed E-state index contributed by atoms with van der Waals surface area (Å²) < 4.78 is 0. The molecule has 1 aliphatic carbocycles. The van der Waals surface area contributed by atoms with Gasteiger partial charge < -0.3 is 5.32 Å². The lowest BCUT2D eigenvalue weighted by Gasteiger charge is -2.26. The van der Waals surface area contributed by atoms with Crippen molar-refractivity contribution in [1.29, 1.82) is 0 Å². The van der Waals surface area contributed by atoms with E-state index in [4.69, 9.17) is 12.2 Å². The van der Waals surface area contributed by atoms with E-state index in [1.807, 2.05) is 0 Å². The maximum Gasteiger partial charge on any atom is 0.186 e. The van der Waals surface area contributed by atoms with Crippen LogP contribution < -0.4 is 10.7 Å². The van der Waals surface area contributed by atoms with Crippen molar-refractivity contribution < 1.29 is 0 Å². The summed E-state index contributed by atoms with van der Waals surface area (Å²) in [5, 5.41) is 7.81. The Morgan fingerprint density at radius 3 is 2.43 bits per heavy atom. The first-order chi connectivity index (χ1) is 6.65. The fourth-order valence-corrected chi connectivity index (χ4v) is 1.95. The molecule has 80 valence electrons. The van der Waals surface area contributed by atoms with Gasteiger partial charge in [0.25, 0.3) is 0 Å². The van der Waals surface area contributed by atoms with Gasteiger partial charge in [0.05, 0.1) is 0 Å². The molecule has 0 bridgehead atoms. The highest BCUT2D eigenvalue weighted by Gasteiger charge is 2.22. The molecule has 14 heavy (non-hydrogen) atoms. The number of thiocarbonyl (C=S) groups is 1. The zero-order chi connectivity index (χ0) is 10.6. The van der Waals surface area contributed by atoms with Crippen LogP contribution in [0, 0.1) is 11.8 Å². The maximum absolute atomic E-state index is 4.97. The number of nitrogens with zero attached hydrogens (tertiary/aromatic N) is 1. The molecule has 0 radical (unpaired) electrons. The molecule has 1 aliphatic rings. The molecular formula is C10H19N3S. The van der Waals surface area contributed by atoms with Gasteiger partial charge in [-0.1, -0.05) is 20.3 Å². The van der Waals surface area contributed by atoms with Crippen molar-refractivity contribution in [3.8, 4) is 0 Å². The molecular weight excluding hydrogens is 194 g/mol. The average Bonchev–Trinajstić information content (AvgIpc) is 2.16. The molecule has 1 fully saturated rings. The van der Waals surface area contributed by atoms with Crippen molar-refractivity contribution in [2.24, 2.45) is 16.9 Å². The van der Waals surface area contributed by atoms with E-state index in [1.54, 1.807) is 7.05 Å². The summed E-state index contributed by atoms with van der Waals surface area (Å²) in [4.78, 5) is 0. The Bertz CT molecular complexity index is 226. The molecule has 2 atom stereocenters. The summed E-state index contributed by atoms with van der Waals surface area (Å²) in [5.74, 6) is 1.18. The minimum atomic E-state index is 0.586. The van der Waals surface area contributed by atoms with Gasteiger partial charge in [-0.05, 0) is 36.9 Å². The van der Waals surface area contributed by atoms with Gasteiger partial charge in [0.15, 0.2) is 5.11 Å². The lowest BCUT2D eigenvalue weighted by atomic mass is 9.81. The highest BCUT2D eigenvalue weighted by Crippen LogP contribution is 2.25. The molecule has 2 N–H and O–H groups in total. The van der Waals surface area contributed by atoms with Crippen LogP contribution in [0.1, 0.15) is 33.1 Å². The largest absolute Gasteiger partial charge is 0.364 e. The summed E-state index contributed by atoms with van der Waals surface area (Å²) in [6.45, 7) is 4.47. The van der Waals surface area contributed by atoms with Gasteiger partial charge >= 0.3 is 0 Å². The highest BCUT2D eigenvalue weighted by atomic mass is 32.1. The summed E-state index contributed by atoms with van der Waals surface area (Å²) in [5.41, 5.74) is 4.13. The Balaban J connectivity index is 2.58. The predicted octanol–water partition coefficient (Wildman–Crippen LogP) is 1.89. The zero-order valence-electron chi connectivity index (χ0n) is 9.13. The number of hydrogen-bond donors (Lipinski definition) is 2. The monoisotopic (exact) mass is 213 g/mol. The third-order valence-corrected chi connectivity index (χ3v) is 3.09. The fraction of sp³-hybridized carbons (Fsp3) is 0.800. The smallest absolute Gasteiger partial charge is 0.186 e. The number of rotatable bonds is 1. The number of hydrazone groups is 1. The first-order valence-corrected chi connectivity index (χ1v) is 5.61. The Morgan fingerprint density at radius 2 is 1.93 bits per heavy atom. The van der Waals surface area contributed by atoms with Crippen LogP contribution in [0.5, 0.6) is 0 Å². The van der Waals surface area contributed by atoms with Gasteiger partial charge in [-0.15, -0.1) is 0 Å². The Morgan fingerprint density at radius 1 is 1.36 bits per heavy atom. The Labute approximate surface area is 91.3 Å². The Hall–Kier alpha value is -0.640. The van der Waals surface area contributed by atoms with Crippen molar-refractivity contribution in [2.75, 3.05) is 7.05 Å². The summed E-state index contributed by atoms with van der Waals surface area (Å²) in [7, 11) is 1.79. The van der Waals surface area contributed by atoms with Crippen molar-refractivity contribution >= 4 is 23.0 Å². The van der Waals surface area contributed by atoms with E-state index in [2.05, 4.69) is 29.7 Å². The molecule has 3 nitrogen and oxygen atoms in total. The molecule has 0 aromatic carbocycles. The zero-order valence-corrected chi connectivity index (χ0v) is 9.95. The first kappa shape index (κ1) is 11.4. The van der Waals surface area contributed by atoms with E-state index >= 15 is 0 Å². The van der Waals surface area contributed by atoms with Gasteiger partial charge in [-0.2, -0.15) is 5.10 Å². The molecule has 4 heteroatoms. The molecule has 1 saturated carbocycles. The van der Waals surface area contributed by atoms with E-state index in [9.17, 15) is 0 Å². The first-order valence-electron chi connectivity index (χ1n) is 5.20. The predicted molar refractivity (Wildman–Crippen MR) is 64.4 cm³/mol. The SMILES string of the molecule is CNC(=S)NN=C1[C@H](C)CCC[C@H]1C. The molecule has 1 rings (SSSR count). The van der Waals surface area contributed by atoms with Crippen LogP contribution in [0.3, 0.4) is 0 Å². The number of nitrogens with one attached hydrogen (secondary N) is 2. The van der Waals surface area contributed by atoms with Crippen LogP contribution in [0.25, 0.3) is 0 Å². The molecule has 0 amide bonds. The second-order valence-electron chi connectivity index (χ2n) is 3.96. The highest BCUT2D eigenvalue weighted by molar-refractivity contribution is 7.80. The summed E-state index contributed by atoms with van der Waals surface area (Å²) in [6, 6.07) is 0. The van der Waals surface area contributed by atoms with Crippen molar-refractivity contribution in [1.82, 2.24) is 10.7 Å². The van der Waals surface area contributed by atoms with Crippen LogP contribution >= 0.6 is 12.2 Å². The second kappa shape index (κ2) is 5.29. The number of hydrogen-bond acceptors (Lipinski definition) is 2. The fourth-order valence-electron chi connectivity index (χ4n) is 1.90. The van der Waals surface area contributed by atoms with Crippen LogP contribution in [0.15, 0.2) is 5.10 Å². The Kier molecular flexibility index (Phi) is 4.32. The third-order valence-electron chi connectivity index (χ3n) is 2.80. The van der Waals surface area contributed by atoms with Crippen LogP contribution in [-0.2, 0) is 0 Å². The van der Waals surface area contributed by atoms with Crippen molar-refractivity contribution in [3.05, 3.63) is 0 Å². The minimum Gasteiger partial charge on any atom is -0.364 e. The molecule has 0 aromatic heterocycles. The minimum absolute atomic E-state index is 0.586. The quantitative estimate of drug-likeness (QED) is 0.516. The van der Waals surface area contributed by atoms with Gasteiger partial charge in [0, 0.05) is 12.8 Å². The van der Waals surface area contributed by atoms with Crippen LogP contribution in [0.2, 0.25) is 0 Å².